The van der Waals surface area contributed by atoms with Gasteiger partial charge in [-0.05, 0) is 37.1 Å². The molecule has 1 saturated heterocycles. The Bertz CT molecular complexity index is 498. The number of rotatable bonds is 5. The van der Waals surface area contributed by atoms with Gasteiger partial charge in [0.2, 0.25) is 5.91 Å². The third-order valence-corrected chi connectivity index (χ3v) is 3.75. The van der Waals surface area contributed by atoms with Gasteiger partial charge in [-0.3, -0.25) is 4.79 Å². The van der Waals surface area contributed by atoms with Gasteiger partial charge in [-0.1, -0.05) is 0 Å². The molecule has 1 unspecified atom stereocenters. The molecule has 2 N–H and O–H groups in total. The van der Waals surface area contributed by atoms with Crippen LogP contribution in [0.2, 0.25) is 0 Å². The number of benzene rings is 1. The molecule has 5 nitrogen and oxygen atoms in total. The molecule has 0 bridgehead atoms. The van der Waals surface area contributed by atoms with Crippen LogP contribution in [0.15, 0.2) is 12.1 Å². The summed E-state index contributed by atoms with van der Waals surface area (Å²) in [7, 11) is 3.23. The van der Waals surface area contributed by atoms with Gasteiger partial charge >= 0.3 is 0 Å². The summed E-state index contributed by atoms with van der Waals surface area (Å²) in [6.07, 6.45) is 0. The van der Waals surface area contributed by atoms with E-state index in [1.807, 2.05) is 26.0 Å². The molecule has 1 atom stereocenters. The number of nitrogens with one attached hydrogen (secondary N) is 2. The van der Waals surface area contributed by atoms with Crippen molar-refractivity contribution in [2.45, 2.75) is 19.9 Å². The number of carbonyl (C=O) groups excluding carboxylic acids is 1. The third-order valence-electron chi connectivity index (χ3n) is 3.75. The minimum absolute atomic E-state index is 0.0529. The fourth-order valence-electron chi connectivity index (χ4n) is 2.35. The lowest BCUT2D eigenvalue weighted by Crippen LogP contribution is -2.51. The van der Waals surface area contributed by atoms with Gasteiger partial charge in [-0.15, -0.1) is 0 Å². The molecule has 110 valence electrons. The van der Waals surface area contributed by atoms with E-state index in [0.29, 0.717) is 11.5 Å². The smallest absolute Gasteiger partial charge is 0.226 e. The van der Waals surface area contributed by atoms with Crippen LogP contribution in [-0.4, -0.2) is 33.2 Å². The van der Waals surface area contributed by atoms with E-state index in [-0.39, 0.29) is 17.9 Å². The largest absolute Gasteiger partial charge is 0.493 e. The minimum Gasteiger partial charge on any atom is -0.493 e. The lowest BCUT2D eigenvalue weighted by atomic mass is 9.98. The SMILES string of the molecule is COc1cc(C)c(C(C)NC(=O)C2CNC2)cc1OC. The van der Waals surface area contributed by atoms with E-state index in [0.717, 1.165) is 24.2 Å². The molecule has 0 aromatic heterocycles. The summed E-state index contributed by atoms with van der Waals surface area (Å²) >= 11 is 0. The van der Waals surface area contributed by atoms with Gasteiger partial charge in [0.05, 0.1) is 26.2 Å². The Hall–Kier alpha value is -1.75. The van der Waals surface area contributed by atoms with Crippen molar-refractivity contribution in [2.24, 2.45) is 5.92 Å². The van der Waals surface area contributed by atoms with E-state index in [1.165, 1.54) is 0 Å². The maximum absolute atomic E-state index is 12.0. The van der Waals surface area contributed by atoms with E-state index in [9.17, 15) is 4.79 Å². The van der Waals surface area contributed by atoms with Gasteiger partial charge in [0, 0.05) is 13.1 Å². The summed E-state index contributed by atoms with van der Waals surface area (Å²) in [6, 6.07) is 3.81. The summed E-state index contributed by atoms with van der Waals surface area (Å²) in [5, 5.41) is 6.15. The third kappa shape index (κ3) is 2.88. The monoisotopic (exact) mass is 278 g/mol. The van der Waals surface area contributed by atoms with Crippen molar-refractivity contribution in [3.63, 3.8) is 0 Å². The minimum atomic E-state index is -0.0529. The van der Waals surface area contributed by atoms with Crippen LogP contribution in [0.1, 0.15) is 24.1 Å². The zero-order valence-electron chi connectivity index (χ0n) is 12.4. The van der Waals surface area contributed by atoms with E-state index in [4.69, 9.17) is 9.47 Å². The van der Waals surface area contributed by atoms with Crippen LogP contribution in [0.4, 0.5) is 0 Å². The van der Waals surface area contributed by atoms with Crippen LogP contribution >= 0.6 is 0 Å². The van der Waals surface area contributed by atoms with Crippen molar-refractivity contribution in [1.29, 1.82) is 0 Å². The molecule has 1 aromatic carbocycles. The van der Waals surface area contributed by atoms with Crippen molar-refractivity contribution >= 4 is 5.91 Å². The first-order chi connectivity index (χ1) is 9.56. The standard InChI is InChI=1S/C15H22N2O3/c1-9-5-13(19-3)14(20-4)6-12(9)10(2)17-15(18)11-7-16-8-11/h5-6,10-11,16H,7-8H2,1-4H3,(H,17,18). The molecule has 0 spiro atoms. The van der Waals surface area contributed by atoms with Crippen molar-refractivity contribution in [1.82, 2.24) is 10.6 Å². The highest BCUT2D eigenvalue weighted by Crippen LogP contribution is 2.32. The molecule has 1 aliphatic heterocycles. The number of carbonyl (C=O) groups is 1. The molecule has 5 heteroatoms. The Morgan fingerprint density at radius 2 is 1.90 bits per heavy atom. The normalized spacial score (nSPS) is 16.2. The highest BCUT2D eigenvalue weighted by Gasteiger charge is 2.26. The van der Waals surface area contributed by atoms with Crippen molar-refractivity contribution < 1.29 is 14.3 Å². The van der Waals surface area contributed by atoms with Crippen LogP contribution in [0.25, 0.3) is 0 Å². The molecule has 0 aliphatic carbocycles. The summed E-state index contributed by atoms with van der Waals surface area (Å²) in [6.45, 7) is 5.52. The molecular weight excluding hydrogens is 256 g/mol. The average molecular weight is 278 g/mol. The maximum Gasteiger partial charge on any atom is 0.226 e. The molecule has 1 amide bonds. The molecule has 1 aliphatic rings. The van der Waals surface area contributed by atoms with Crippen molar-refractivity contribution in [3.05, 3.63) is 23.3 Å². The van der Waals surface area contributed by atoms with Crippen molar-refractivity contribution in [3.8, 4) is 11.5 Å². The van der Waals surface area contributed by atoms with Gasteiger partial charge in [-0.25, -0.2) is 0 Å². The molecular formula is C15H22N2O3. The fourth-order valence-corrected chi connectivity index (χ4v) is 2.35. The Labute approximate surface area is 119 Å². The molecule has 0 radical (unpaired) electrons. The summed E-state index contributed by atoms with van der Waals surface area (Å²) in [5.41, 5.74) is 2.12. The first-order valence-electron chi connectivity index (χ1n) is 6.80. The number of amides is 1. The Kier molecular flexibility index (Phi) is 4.49. The van der Waals surface area contributed by atoms with Crippen LogP contribution in [-0.2, 0) is 4.79 Å². The first kappa shape index (κ1) is 14.7. The van der Waals surface area contributed by atoms with E-state index in [2.05, 4.69) is 10.6 Å². The van der Waals surface area contributed by atoms with E-state index in [1.54, 1.807) is 14.2 Å². The van der Waals surface area contributed by atoms with Gasteiger partial charge in [0.15, 0.2) is 11.5 Å². The van der Waals surface area contributed by atoms with Crippen LogP contribution in [0.5, 0.6) is 11.5 Å². The second kappa shape index (κ2) is 6.13. The second-order valence-corrected chi connectivity index (χ2v) is 5.15. The van der Waals surface area contributed by atoms with Gasteiger partial charge < -0.3 is 20.1 Å². The molecule has 20 heavy (non-hydrogen) atoms. The maximum atomic E-state index is 12.0. The number of hydrogen-bond acceptors (Lipinski definition) is 4. The number of methoxy groups -OCH3 is 2. The van der Waals surface area contributed by atoms with Crippen LogP contribution in [0, 0.1) is 12.8 Å². The van der Waals surface area contributed by atoms with Crippen LogP contribution < -0.4 is 20.1 Å². The zero-order chi connectivity index (χ0) is 14.7. The summed E-state index contributed by atoms with van der Waals surface area (Å²) < 4.78 is 10.6. The highest BCUT2D eigenvalue weighted by molar-refractivity contribution is 5.80. The molecule has 0 saturated carbocycles. The zero-order valence-corrected chi connectivity index (χ0v) is 12.4. The van der Waals surface area contributed by atoms with Crippen LogP contribution in [0.3, 0.4) is 0 Å². The summed E-state index contributed by atoms with van der Waals surface area (Å²) in [4.78, 5) is 12.0. The van der Waals surface area contributed by atoms with Gasteiger partial charge in [0.25, 0.3) is 0 Å². The topological polar surface area (TPSA) is 59.6 Å². The summed E-state index contributed by atoms with van der Waals surface area (Å²) in [5.74, 6) is 1.58. The van der Waals surface area contributed by atoms with Crippen molar-refractivity contribution in [2.75, 3.05) is 27.3 Å². The average Bonchev–Trinajstić information content (AvgIpc) is 2.35. The highest BCUT2D eigenvalue weighted by atomic mass is 16.5. The Morgan fingerprint density at radius 3 is 2.40 bits per heavy atom. The quantitative estimate of drug-likeness (QED) is 0.855. The number of hydrogen-bond donors (Lipinski definition) is 2. The molecule has 1 fully saturated rings. The second-order valence-electron chi connectivity index (χ2n) is 5.15. The lowest BCUT2D eigenvalue weighted by Gasteiger charge is -2.28. The van der Waals surface area contributed by atoms with E-state index >= 15 is 0 Å². The molecule has 1 aromatic rings. The molecule has 1 heterocycles. The lowest BCUT2D eigenvalue weighted by molar-refractivity contribution is -0.127. The fraction of sp³-hybridized carbons (Fsp3) is 0.533. The van der Waals surface area contributed by atoms with E-state index < -0.39 is 0 Å². The van der Waals surface area contributed by atoms with Gasteiger partial charge in [-0.2, -0.15) is 0 Å². The number of aryl methyl sites for hydroxylation is 1. The predicted octanol–water partition coefficient (Wildman–Crippen LogP) is 1.41. The Balaban J connectivity index is 2.15. The molecule has 2 rings (SSSR count). The Morgan fingerprint density at radius 1 is 1.30 bits per heavy atom. The first-order valence-corrected chi connectivity index (χ1v) is 6.80. The number of ether oxygens (including phenoxy) is 2. The van der Waals surface area contributed by atoms with Gasteiger partial charge in [0.1, 0.15) is 0 Å². The predicted molar refractivity (Wildman–Crippen MR) is 77.2 cm³/mol.